The Morgan fingerprint density at radius 1 is 1.00 bits per heavy atom. The lowest BCUT2D eigenvalue weighted by atomic mass is 9.75. The number of carbonyl (C=O) groups is 1. The summed E-state index contributed by atoms with van der Waals surface area (Å²) in [6.07, 6.45) is 0.0389. The van der Waals surface area contributed by atoms with Crippen molar-refractivity contribution in [2.75, 3.05) is 0 Å². The predicted molar refractivity (Wildman–Crippen MR) is 97.2 cm³/mol. The minimum absolute atomic E-state index is 0.0908. The zero-order chi connectivity index (χ0) is 18.8. The van der Waals surface area contributed by atoms with Gasteiger partial charge in [-0.1, -0.05) is 12.1 Å². The molecule has 1 rings (SSSR count). The summed E-state index contributed by atoms with van der Waals surface area (Å²) in [5.41, 5.74) is 12.3. The maximum absolute atomic E-state index is 11.7. The minimum atomic E-state index is -0.714. The Balaban J connectivity index is 2.89. The number of ether oxygens (including phenoxy) is 2. The highest BCUT2D eigenvalue weighted by Crippen LogP contribution is 2.34. The molecule has 136 valence electrons. The average molecular weight is 336 g/mol. The third-order valence-corrected chi connectivity index (χ3v) is 3.50. The van der Waals surface area contributed by atoms with E-state index in [1.54, 1.807) is 32.9 Å². The van der Waals surface area contributed by atoms with Crippen LogP contribution in [0.25, 0.3) is 0 Å². The molecule has 24 heavy (non-hydrogen) atoms. The van der Waals surface area contributed by atoms with Crippen molar-refractivity contribution in [3.63, 3.8) is 0 Å². The van der Waals surface area contributed by atoms with E-state index in [-0.39, 0.29) is 11.5 Å². The monoisotopic (exact) mass is 336 g/mol. The first-order valence-corrected chi connectivity index (χ1v) is 8.26. The summed E-state index contributed by atoms with van der Waals surface area (Å²) >= 11 is 0. The first-order valence-electron chi connectivity index (χ1n) is 8.26. The lowest BCUT2D eigenvalue weighted by Crippen LogP contribution is -2.45. The molecule has 0 saturated heterocycles. The maximum Gasteiger partial charge on any atom is 0.514 e. The van der Waals surface area contributed by atoms with E-state index in [4.69, 9.17) is 20.9 Å². The third-order valence-electron chi connectivity index (χ3n) is 3.50. The lowest BCUT2D eigenvalue weighted by molar-refractivity contribution is 0.0206. The van der Waals surface area contributed by atoms with Crippen LogP contribution in [0.3, 0.4) is 0 Å². The largest absolute Gasteiger partial charge is 0.514 e. The Hall–Kier alpha value is -1.59. The molecule has 1 aromatic rings. The lowest BCUT2D eigenvalue weighted by Gasteiger charge is -2.35. The molecule has 0 aliphatic rings. The van der Waals surface area contributed by atoms with E-state index < -0.39 is 17.3 Å². The first kappa shape index (κ1) is 20.5. The molecule has 0 radical (unpaired) electrons. The summed E-state index contributed by atoms with van der Waals surface area (Å²) in [6, 6.07) is 7.35. The Morgan fingerprint density at radius 2 is 1.50 bits per heavy atom. The van der Waals surface area contributed by atoms with Crippen LogP contribution >= 0.6 is 0 Å². The highest BCUT2D eigenvalue weighted by Gasteiger charge is 2.31. The molecule has 1 atom stereocenters. The molecular weight excluding hydrogens is 304 g/mol. The molecule has 0 fully saturated rings. The molecule has 0 aliphatic heterocycles. The maximum atomic E-state index is 11.7. The van der Waals surface area contributed by atoms with Gasteiger partial charge in [0.25, 0.3) is 0 Å². The Morgan fingerprint density at radius 3 is 1.88 bits per heavy atom. The number of benzene rings is 1. The number of hydrogen-bond donors (Lipinski definition) is 2. The molecule has 1 aromatic carbocycles. The second kappa shape index (κ2) is 7.11. The topological polar surface area (TPSA) is 87.6 Å². The molecule has 0 aliphatic carbocycles. The molecule has 5 heteroatoms. The van der Waals surface area contributed by atoms with Crippen molar-refractivity contribution < 1.29 is 14.3 Å². The van der Waals surface area contributed by atoms with E-state index in [0.29, 0.717) is 5.75 Å². The Labute approximate surface area is 145 Å². The molecule has 0 bridgehead atoms. The SMILES string of the molecule is CC(C)(N)CC(c1ccc(OC(=O)OC(C)(C)C)cc1)C(C)(C)N. The van der Waals surface area contributed by atoms with Gasteiger partial charge < -0.3 is 20.9 Å². The number of carbonyl (C=O) groups excluding carboxylic acids is 1. The minimum Gasteiger partial charge on any atom is -0.428 e. The van der Waals surface area contributed by atoms with Crippen LogP contribution in [0, 0.1) is 0 Å². The van der Waals surface area contributed by atoms with Crippen LogP contribution < -0.4 is 16.2 Å². The fourth-order valence-electron chi connectivity index (χ4n) is 2.47. The standard InChI is InChI=1S/C19H32N2O3/c1-17(2,3)24-16(22)23-14-10-8-13(9-11-14)15(19(6,7)21)12-18(4,5)20/h8-11,15H,12,20-21H2,1-7H3. The summed E-state index contributed by atoms with van der Waals surface area (Å²) in [6.45, 7) is 13.3. The van der Waals surface area contributed by atoms with Gasteiger partial charge in [0.05, 0.1) is 0 Å². The Bertz CT molecular complexity index is 546. The van der Waals surface area contributed by atoms with E-state index in [9.17, 15) is 4.79 Å². The fourth-order valence-corrected chi connectivity index (χ4v) is 2.47. The van der Waals surface area contributed by atoms with Crippen LogP contribution in [-0.2, 0) is 4.74 Å². The van der Waals surface area contributed by atoms with Gasteiger partial charge in [0.2, 0.25) is 0 Å². The second-order valence-electron chi connectivity index (χ2n) is 8.70. The molecule has 0 heterocycles. The van der Waals surface area contributed by atoms with Crippen LogP contribution in [0.5, 0.6) is 5.75 Å². The average Bonchev–Trinajstić information content (AvgIpc) is 2.32. The van der Waals surface area contributed by atoms with Crippen LogP contribution in [0.2, 0.25) is 0 Å². The van der Waals surface area contributed by atoms with E-state index >= 15 is 0 Å². The van der Waals surface area contributed by atoms with Crippen molar-refractivity contribution in [3.05, 3.63) is 29.8 Å². The van der Waals surface area contributed by atoms with Crippen molar-refractivity contribution in [1.29, 1.82) is 0 Å². The highest BCUT2D eigenvalue weighted by atomic mass is 16.7. The smallest absolute Gasteiger partial charge is 0.428 e. The van der Waals surface area contributed by atoms with Crippen molar-refractivity contribution in [2.24, 2.45) is 11.5 Å². The van der Waals surface area contributed by atoms with Gasteiger partial charge >= 0.3 is 6.16 Å². The zero-order valence-electron chi connectivity index (χ0n) is 16.0. The molecule has 5 nitrogen and oxygen atoms in total. The molecule has 1 unspecified atom stereocenters. The van der Waals surface area contributed by atoms with Gasteiger partial charge in [0.15, 0.2) is 0 Å². The van der Waals surface area contributed by atoms with Gasteiger partial charge in [-0.2, -0.15) is 0 Å². The van der Waals surface area contributed by atoms with Gasteiger partial charge in [0, 0.05) is 17.0 Å². The Kier molecular flexibility index (Phi) is 6.06. The number of hydrogen-bond acceptors (Lipinski definition) is 5. The van der Waals surface area contributed by atoms with E-state index in [2.05, 4.69) is 0 Å². The second-order valence-corrected chi connectivity index (χ2v) is 8.70. The predicted octanol–water partition coefficient (Wildman–Crippen LogP) is 3.95. The van der Waals surface area contributed by atoms with Crippen molar-refractivity contribution in [2.45, 2.75) is 77.5 Å². The highest BCUT2D eigenvalue weighted by molar-refractivity contribution is 5.64. The van der Waals surface area contributed by atoms with Crippen molar-refractivity contribution in [1.82, 2.24) is 0 Å². The first-order chi connectivity index (χ1) is 10.7. The molecule has 0 spiro atoms. The molecule has 4 N–H and O–H groups in total. The third kappa shape index (κ3) is 7.32. The summed E-state index contributed by atoms with van der Waals surface area (Å²) in [5, 5.41) is 0. The van der Waals surface area contributed by atoms with Crippen molar-refractivity contribution in [3.8, 4) is 5.75 Å². The normalized spacial score (nSPS) is 14.2. The molecule has 0 amide bonds. The van der Waals surface area contributed by atoms with Crippen LogP contribution in [0.1, 0.15) is 66.4 Å². The van der Waals surface area contributed by atoms with Gasteiger partial charge in [-0.25, -0.2) is 4.79 Å². The summed E-state index contributed by atoms with van der Waals surface area (Å²) in [5.74, 6) is 0.529. The van der Waals surface area contributed by atoms with Crippen LogP contribution in [0.4, 0.5) is 4.79 Å². The number of rotatable bonds is 5. The van der Waals surface area contributed by atoms with E-state index in [0.717, 1.165) is 12.0 Å². The van der Waals surface area contributed by atoms with Gasteiger partial charge in [0.1, 0.15) is 11.4 Å². The number of nitrogens with two attached hydrogens (primary N) is 2. The van der Waals surface area contributed by atoms with E-state index in [1.807, 2.05) is 39.8 Å². The molecule has 0 saturated carbocycles. The van der Waals surface area contributed by atoms with E-state index in [1.165, 1.54) is 0 Å². The summed E-state index contributed by atoms with van der Waals surface area (Å²) < 4.78 is 10.3. The quantitative estimate of drug-likeness (QED) is 0.628. The summed E-state index contributed by atoms with van der Waals surface area (Å²) in [4.78, 5) is 11.7. The van der Waals surface area contributed by atoms with Crippen LogP contribution in [0.15, 0.2) is 24.3 Å². The zero-order valence-corrected chi connectivity index (χ0v) is 16.0. The van der Waals surface area contributed by atoms with Crippen molar-refractivity contribution >= 4 is 6.16 Å². The molecular formula is C19H32N2O3. The van der Waals surface area contributed by atoms with Gasteiger partial charge in [-0.15, -0.1) is 0 Å². The molecule has 0 aromatic heterocycles. The van der Waals surface area contributed by atoms with Gasteiger partial charge in [-0.3, -0.25) is 0 Å². The van der Waals surface area contributed by atoms with Crippen LogP contribution in [-0.4, -0.2) is 22.8 Å². The summed E-state index contributed by atoms with van der Waals surface area (Å²) in [7, 11) is 0. The van der Waals surface area contributed by atoms with Gasteiger partial charge in [-0.05, 0) is 72.6 Å². The fraction of sp³-hybridized carbons (Fsp3) is 0.632.